The molecule has 26 heavy (non-hydrogen) atoms. The van der Waals surface area contributed by atoms with E-state index in [9.17, 15) is 14.9 Å². The summed E-state index contributed by atoms with van der Waals surface area (Å²) in [6.07, 6.45) is 0. The van der Waals surface area contributed by atoms with Crippen molar-refractivity contribution in [3.8, 4) is 5.75 Å². The quantitative estimate of drug-likeness (QED) is 0.420. The lowest BCUT2D eigenvalue weighted by Gasteiger charge is -2.12. The zero-order chi connectivity index (χ0) is 19.1. The van der Waals surface area contributed by atoms with Gasteiger partial charge in [0.25, 0.3) is 11.6 Å². The van der Waals surface area contributed by atoms with Crippen molar-refractivity contribution in [1.29, 1.82) is 0 Å². The molecule has 0 atom stereocenters. The van der Waals surface area contributed by atoms with Crippen molar-refractivity contribution in [3.63, 3.8) is 0 Å². The molecule has 0 aliphatic heterocycles. The van der Waals surface area contributed by atoms with Gasteiger partial charge in [-0.25, -0.2) is 0 Å². The van der Waals surface area contributed by atoms with Crippen molar-refractivity contribution in [1.82, 2.24) is 10.9 Å². The van der Waals surface area contributed by atoms with Crippen molar-refractivity contribution < 1.29 is 14.5 Å². The van der Waals surface area contributed by atoms with E-state index in [-0.39, 0.29) is 17.4 Å². The predicted octanol–water partition coefficient (Wildman–Crippen LogP) is 2.61. The van der Waals surface area contributed by atoms with Gasteiger partial charge in [-0.05, 0) is 61.5 Å². The maximum atomic E-state index is 11.8. The smallest absolute Gasteiger partial charge is 0.276 e. The van der Waals surface area contributed by atoms with Gasteiger partial charge in [-0.2, -0.15) is 0 Å². The Hall–Kier alpha value is -3.20. The Balaban J connectivity index is 1.74. The Bertz CT molecular complexity index is 824. The molecule has 0 aliphatic carbocycles. The molecular weight excluding hydrogens is 356 g/mol. The highest BCUT2D eigenvalue weighted by atomic mass is 32.1. The van der Waals surface area contributed by atoms with Gasteiger partial charge in [-0.1, -0.05) is 6.07 Å². The molecule has 0 bridgehead atoms. The van der Waals surface area contributed by atoms with Crippen LogP contribution < -0.4 is 20.9 Å². The Morgan fingerprint density at radius 1 is 1.12 bits per heavy atom. The third kappa shape index (κ3) is 5.71. The number of hydrogen-bond acceptors (Lipinski definition) is 5. The molecule has 9 heteroatoms. The van der Waals surface area contributed by atoms with Crippen LogP contribution in [0.4, 0.5) is 11.4 Å². The van der Waals surface area contributed by atoms with Gasteiger partial charge in [-0.15, -0.1) is 0 Å². The summed E-state index contributed by atoms with van der Waals surface area (Å²) in [4.78, 5) is 21.9. The Labute approximate surface area is 155 Å². The average Bonchev–Trinajstić information content (AvgIpc) is 2.61. The van der Waals surface area contributed by atoms with Crippen LogP contribution in [0.3, 0.4) is 0 Å². The molecule has 0 fully saturated rings. The number of nitrogens with zero attached hydrogens (tertiary/aromatic N) is 1. The third-order valence-electron chi connectivity index (χ3n) is 3.50. The van der Waals surface area contributed by atoms with Crippen molar-refractivity contribution in [2.24, 2.45) is 0 Å². The number of nitrogens with one attached hydrogen (secondary N) is 3. The first-order valence-electron chi connectivity index (χ1n) is 7.65. The monoisotopic (exact) mass is 374 g/mol. The number of aryl methyl sites for hydroxylation is 2. The Morgan fingerprint density at radius 2 is 1.81 bits per heavy atom. The van der Waals surface area contributed by atoms with E-state index in [1.165, 1.54) is 24.3 Å². The lowest BCUT2D eigenvalue weighted by molar-refractivity contribution is -0.384. The number of non-ortho nitro benzene ring substituents is 1. The minimum atomic E-state index is -0.490. The van der Waals surface area contributed by atoms with Crippen LogP contribution in [0.5, 0.6) is 5.75 Å². The fourth-order valence-corrected chi connectivity index (χ4v) is 2.11. The first-order valence-corrected chi connectivity index (χ1v) is 8.06. The molecule has 0 aromatic heterocycles. The van der Waals surface area contributed by atoms with E-state index in [1.807, 2.05) is 26.0 Å². The van der Waals surface area contributed by atoms with Crippen molar-refractivity contribution in [2.45, 2.75) is 13.8 Å². The van der Waals surface area contributed by atoms with Crippen LogP contribution in [-0.4, -0.2) is 22.5 Å². The van der Waals surface area contributed by atoms with Crippen molar-refractivity contribution >= 4 is 34.6 Å². The van der Waals surface area contributed by atoms with Gasteiger partial charge < -0.3 is 10.1 Å². The maximum Gasteiger partial charge on any atom is 0.276 e. The van der Waals surface area contributed by atoms with Gasteiger partial charge in [0.15, 0.2) is 11.7 Å². The second kappa shape index (κ2) is 8.77. The minimum absolute atomic E-state index is 0.0220. The number of hydrazine groups is 1. The second-order valence-electron chi connectivity index (χ2n) is 5.47. The SMILES string of the molecule is Cc1ccc(OCC(=O)NNC(=S)Nc2ccc([N+](=O)[O-])cc2)cc1C. The molecule has 0 unspecified atom stereocenters. The minimum Gasteiger partial charge on any atom is -0.484 e. The highest BCUT2D eigenvalue weighted by Gasteiger charge is 2.06. The van der Waals surface area contributed by atoms with Crippen LogP contribution in [0, 0.1) is 24.0 Å². The van der Waals surface area contributed by atoms with Crippen LogP contribution in [0.2, 0.25) is 0 Å². The normalized spacial score (nSPS) is 9.92. The molecule has 0 saturated carbocycles. The van der Waals surface area contributed by atoms with Crippen LogP contribution >= 0.6 is 12.2 Å². The first-order chi connectivity index (χ1) is 12.3. The van der Waals surface area contributed by atoms with Gasteiger partial charge >= 0.3 is 0 Å². The summed E-state index contributed by atoms with van der Waals surface area (Å²) in [6.45, 7) is 3.79. The van der Waals surface area contributed by atoms with E-state index in [1.54, 1.807) is 6.07 Å². The highest BCUT2D eigenvalue weighted by molar-refractivity contribution is 7.80. The van der Waals surface area contributed by atoms with Gasteiger partial charge in [0.05, 0.1) is 4.92 Å². The molecule has 2 aromatic rings. The molecule has 1 amide bonds. The summed E-state index contributed by atoms with van der Waals surface area (Å²) >= 11 is 5.04. The van der Waals surface area contributed by atoms with Crippen LogP contribution in [-0.2, 0) is 4.79 Å². The highest BCUT2D eigenvalue weighted by Crippen LogP contribution is 2.16. The number of carbonyl (C=O) groups excluding carboxylic acids is 1. The molecule has 0 spiro atoms. The number of anilines is 1. The number of ether oxygens (including phenoxy) is 1. The molecule has 0 heterocycles. The number of hydrogen-bond donors (Lipinski definition) is 3. The number of thiocarbonyl (C=S) groups is 1. The molecule has 0 aliphatic rings. The van der Waals surface area contributed by atoms with Gasteiger partial charge in [0.2, 0.25) is 0 Å². The van der Waals surface area contributed by atoms with Gasteiger partial charge in [-0.3, -0.25) is 25.8 Å². The predicted molar refractivity (Wildman–Crippen MR) is 102 cm³/mol. The third-order valence-corrected chi connectivity index (χ3v) is 3.70. The second-order valence-corrected chi connectivity index (χ2v) is 5.87. The molecule has 0 radical (unpaired) electrons. The van der Waals surface area contributed by atoms with Crippen LogP contribution in [0.1, 0.15) is 11.1 Å². The summed E-state index contributed by atoms with van der Waals surface area (Å²) in [5.41, 5.74) is 7.69. The number of nitro groups is 1. The molecule has 8 nitrogen and oxygen atoms in total. The number of rotatable bonds is 5. The maximum absolute atomic E-state index is 11.8. The molecular formula is C17H18N4O4S. The molecule has 0 saturated heterocycles. The fraction of sp³-hybridized carbons (Fsp3) is 0.176. The molecule has 136 valence electrons. The summed E-state index contributed by atoms with van der Waals surface area (Å²) in [6, 6.07) is 11.3. The van der Waals surface area contributed by atoms with Gasteiger partial charge in [0, 0.05) is 17.8 Å². The van der Waals surface area contributed by atoms with Crippen LogP contribution in [0.15, 0.2) is 42.5 Å². The molecule has 2 rings (SSSR count). The van der Waals surface area contributed by atoms with E-state index in [2.05, 4.69) is 16.2 Å². The number of carbonyl (C=O) groups is 1. The topological polar surface area (TPSA) is 106 Å². The Kier molecular flexibility index (Phi) is 6.45. The van der Waals surface area contributed by atoms with Crippen molar-refractivity contribution in [2.75, 3.05) is 11.9 Å². The lowest BCUT2D eigenvalue weighted by atomic mass is 10.1. The largest absolute Gasteiger partial charge is 0.484 e. The zero-order valence-corrected chi connectivity index (χ0v) is 15.1. The van der Waals surface area contributed by atoms with E-state index < -0.39 is 10.8 Å². The molecule has 3 N–H and O–H groups in total. The lowest BCUT2D eigenvalue weighted by Crippen LogP contribution is -2.45. The average molecular weight is 374 g/mol. The van der Waals surface area contributed by atoms with Gasteiger partial charge in [0.1, 0.15) is 5.75 Å². The van der Waals surface area contributed by atoms with E-state index in [0.29, 0.717) is 11.4 Å². The zero-order valence-electron chi connectivity index (χ0n) is 14.2. The van der Waals surface area contributed by atoms with Crippen LogP contribution in [0.25, 0.3) is 0 Å². The summed E-state index contributed by atoms with van der Waals surface area (Å²) in [7, 11) is 0. The fourth-order valence-electron chi connectivity index (χ4n) is 1.94. The standard InChI is InChI=1S/C17H18N4O4S/c1-11-3-8-15(9-12(11)2)25-10-16(22)19-20-17(26)18-13-4-6-14(7-5-13)21(23)24/h3-9H,10H2,1-2H3,(H,19,22)(H2,18,20,26). The van der Waals surface area contributed by atoms with E-state index >= 15 is 0 Å². The summed E-state index contributed by atoms with van der Waals surface area (Å²) < 4.78 is 5.41. The number of benzene rings is 2. The first kappa shape index (κ1) is 19.1. The Morgan fingerprint density at radius 3 is 2.42 bits per heavy atom. The summed E-state index contributed by atoms with van der Waals surface area (Å²) in [5.74, 6) is 0.200. The molecule has 2 aromatic carbocycles. The number of amides is 1. The summed E-state index contributed by atoms with van der Waals surface area (Å²) in [5, 5.41) is 13.5. The van der Waals surface area contributed by atoms with Crippen molar-refractivity contribution in [3.05, 3.63) is 63.7 Å². The van der Waals surface area contributed by atoms with E-state index in [4.69, 9.17) is 17.0 Å². The number of nitro benzene ring substituents is 1. The van der Waals surface area contributed by atoms with E-state index in [0.717, 1.165) is 11.1 Å².